The van der Waals surface area contributed by atoms with E-state index >= 15 is 0 Å². The fourth-order valence-electron chi connectivity index (χ4n) is 3.42. The SMILES string of the molecule is Cc1ccc(S(=O)(=O)n2ccc3c(OCC(=O)C4CCOCC4)ccnc32)cc1. The van der Waals surface area contributed by atoms with Crippen molar-refractivity contribution < 1.29 is 22.7 Å². The van der Waals surface area contributed by atoms with E-state index in [1.807, 2.05) is 6.92 Å². The Labute approximate surface area is 169 Å². The van der Waals surface area contributed by atoms with Crippen LogP contribution in [0.25, 0.3) is 11.0 Å². The molecule has 0 radical (unpaired) electrons. The minimum Gasteiger partial charge on any atom is -0.485 e. The fourth-order valence-corrected chi connectivity index (χ4v) is 4.72. The van der Waals surface area contributed by atoms with E-state index < -0.39 is 10.0 Å². The van der Waals surface area contributed by atoms with Crippen LogP contribution in [0.1, 0.15) is 18.4 Å². The van der Waals surface area contributed by atoms with Gasteiger partial charge in [-0.2, -0.15) is 0 Å². The van der Waals surface area contributed by atoms with Crippen molar-refractivity contribution in [3.63, 3.8) is 0 Å². The highest BCUT2D eigenvalue weighted by Gasteiger charge is 2.23. The first-order valence-electron chi connectivity index (χ1n) is 9.48. The maximum atomic E-state index is 13.0. The van der Waals surface area contributed by atoms with Crippen LogP contribution in [-0.4, -0.2) is 43.0 Å². The van der Waals surface area contributed by atoms with Crippen molar-refractivity contribution in [2.24, 2.45) is 5.92 Å². The van der Waals surface area contributed by atoms with Crippen LogP contribution >= 0.6 is 0 Å². The zero-order valence-corrected chi connectivity index (χ0v) is 16.9. The summed E-state index contributed by atoms with van der Waals surface area (Å²) in [6.45, 7) is 3.03. The van der Waals surface area contributed by atoms with Crippen LogP contribution in [0.2, 0.25) is 0 Å². The molecule has 3 heterocycles. The predicted molar refractivity (Wildman–Crippen MR) is 108 cm³/mol. The number of carbonyl (C=O) groups excluding carboxylic acids is 1. The summed E-state index contributed by atoms with van der Waals surface area (Å²) in [5.74, 6) is 0.422. The van der Waals surface area contributed by atoms with Gasteiger partial charge in [0.15, 0.2) is 11.4 Å². The number of hydrogen-bond donors (Lipinski definition) is 0. The first kappa shape index (κ1) is 19.6. The number of carbonyl (C=O) groups is 1. The molecular weight excluding hydrogens is 392 g/mol. The van der Waals surface area contributed by atoms with Gasteiger partial charge in [-0.05, 0) is 44.0 Å². The Hall–Kier alpha value is -2.71. The molecule has 0 bridgehead atoms. The van der Waals surface area contributed by atoms with Gasteiger partial charge in [-0.25, -0.2) is 17.4 Å². The lowest BCUT2D eigenvalue weighted by atomic mass is 9.96. The number of aromatic nitrogens is 2. The number of benzene rings is 1. The summed E-state index contributed by atoms with van der Waals surface area (Å²) in [6, 6.07) is 9.93. The van der Waals surface area contributed by atoms with E-state index in [0.717, 1.165) is 9.54 Å². The van der Waals surface area contributed by atoms with E-state index in [4.69, 9.17) is 9.47 Å². The molecule has 0 aliphatic carbocycles. The van der Waals surface area contributed by atoms with E-state index in [2.05, 4.69) is 4.98 Å². The van der Waals surface area contributed by atoms with Crippen molar-refractivity contribution in [2.75, 3.05) is 19.8 Å². The number of pyridine rings is 1. The zero-order chi connectivity index (χ0) is 20.4. The van der Waals surface area contributed by atoms with Gasteiger partial charge in [0.1, 0.15) is 12.4 Å². The summed E-state index contributed by atoms with van der Waals surface area (Å²) >= 11 is 0. The van der Waals surface area contributed by atoms with Gasteiger partial charge in [-0.15, -0.1) is 0 Å². The molecule has 4 rings (SSSR count). The van der Waals surface area contributed by atoms with Crippen molar-refractivity contribution in [3.05, 3.63) is 54.4 Å². The molecule has 3 aromatic rings. The first-order chi connectivity index (χ1) is 14.0. The Kier molecular flexibility index (Phi) is 5.38. The summed E-state index contributed by atoms with van der Waals surface area (Å²) in [5.41, 5.74) is 1.24. The van der Waals surface area contributed by atoms with E-state index in [0.29, 0.717) is 37.2 Å². The number of ketones is 1. The minimum absolute atomic E-state index is 0.0324. The highest BCUT2D eigenvalue weighted by Crippen LogP contribution is 2.28. The smallest absolute Gasteiger partial charge is 0.269 e. The number of ether oxygens (including phenoxy) is 2. The van der Waals surface area contributed by atoms with Gasteiger partial charge in [0.25, 0.3) is 10.0 Å². The second-order valence-electron chi connectivity index (χ2n) is 7.12. The summed E-state index contributed by atoms with van der Waals surface area (Å²) in [7, 11) is -3.79. The number of nitrogens with zero attached hydrogens (tertiary/aromatic N) is 2. The largest absolute Gasteiger partial charge is 0.485 e. The maximum Gasteiger partial charge on any atom is 0.269 e. The molecule has 1 saturated heterocycles. The maximum absolute atomic E-state index is 13.0. The summed E-state index contributed by atoms with van der Waals surface area (Å²) in [5, 5.41) is 0.544. The molecule has 0 spiro atoms. The van der Waals surface area contributed by atoms with Gasteiger partial charge in [0, 0.05) is 31.5 Å². The van der Waals surface area contributed by atoms with Crippen LogP contribution in [0.3, 0.4) is 0 Å². The van der Waals surface area contributed by atoms with Crippen molar-refractivity contribution in [3.8, 4) is 5.75 Å². The molecule has 0 N–H and O–H groups in total. The van der Waals surface area contributed by atoms with E-state index in [-0.39, 0.29) is 28.9 Å². The molecule has 2 aromatic heterocycles. The Morgan fingerprint density at radius 3 is 2.62 bits per heavy atom. The van der Waals surface area contributed by atoms with Gasteiger partial charge < -0.3 is 9.47 Å². The third-order valence-electron chi connectivity index (χ3n) is 5.14. The lowest BCUT2D eigenvalue weighted by molar-refractivity contribution is -0.127. The highest BCUT2D eigenvalue weighted by atomic mass is 32.2. The third kappa shape index (κ3) is 3.90. The van der Waals surface area contributed by atoms with Crippen molar-refractivity contribution in [2.45, 2.75) is 24.7 Å². The monoisotopic (exact) mass is 414 g/mol. The average Bonchev–Trinajstić information content (AvgIpc) is 3.18. The van der Waals surface area contributed by atoms with Crippen LogP contribution in [0.15, 0.2) is 53.7 Å². The number of fused-ring (bicyclic) bond motifs is 1. The lowest BCUT2D eigenvalue weighted by Gasteiger charge is -2.20. The highest BCUT2D eigenvalue weighted by molar-refractivity contribution is 7.90. The number of hydrogen-bond acceptors (Lipinski definition) is 6. The van der Waals surface area contributed by atoms with Crippen LogP contribution < -0.4 is 4.74 Å². The molecule has 0 atom stereocenters. The molecule has 7 nitrogen and oxygen atoms in total. The van der Waals surface area contributed by atoms with E-state index in [1.54, 1.807) is 36.4 Å². The molecule has 8 heteroatoms. The predicted octanol–water partition coefficient (Wildman–Crippen LogP) is 2.96. The first-order valence-corrected chi connectivity index (χ1v) is 10.9. The zero-order valence-electron chi connectivity index (χ0n) is 16.1. The lowest BCUT2D eigenvalue weighted by Crippen LogP contribution is -2.27. The molecule has 1 aliphatic heterocycles. The quantitative estimate of drug-likeness (QED) is 0.616. The van der Waals surface area contributed by atoms with Crippen LogP contribution in [0.5, 0.6) is 5.75 Å². The van der Waals surface area contributed by atoms with Crippen molar-refractivity contribution >= 4 is 26.8 Å². The topological polar surface area (TPSA) is 87.5 Å². The molecule has 152 valence electrons. The molecule has 1 fully saturated rings. The normalized spacial score (nSPS) is 15.5. The second-order valence-corrected chi connectivity index (χ2v) is 8.93. The molecule has 1 aromatic carbocycles. The summed E-state index contributed by atoms with van der Waals surface area (Å²) in [4.78, 5) is 16.8. The second kappa shape index (κ2) is 7.96. The van der Waals surface area contributed by atoms with Crippen molar-refractivity contribution in [1.82, 2.24) is 8.96 Å². The van der Waals surface area contributed by atoms with Gasteiger partial charge in [-0.1, -0.05) is 17.7 Å². The van der Waals surface area contributed by atoms with Gasteiger partial charge in [-0.3, -0.25) is 4.79 Å². The number of Topliss-reactive ketones (excluding diaryl/α,β-unsaturated/α-hetero) is 1. The Bertz CT molecular complexity index is 1130. The van der Waals surface area contributed by atoms with Crippen LogP contribution in [0, 0.1) is 12.8 Å². The number of aryl methyl sites for hydroxylation is 1. The van der Waals surface area contributed by atoms with Crippen molar-refractivity contribution in [1.29, 1.82) is 0 Å². The molecular formula is C21H22N2O5S. The molecule has 29 heavy (non-hydrogen) atoms. The number of rotatable bonds is 6. The Morgan fingerprint density at radius 2 is 1.90 bits per heavy atom. The van der Waals surface area contributed by atoms with Crippen LogP contribution in [-0.2, 0) is 19.6 Å². The standard InChI is InChI=1S/C21H22N2O5S/c1-15-2-4-17(5-3-15)29(25,26)23-11-7-18-20(6-10-22-21(18)23)28-14-19(24)16-8-12-27-13-9-16/h2-7,10-11,16H,8-9,12-14H2,1H3. The van der Waals surface area contributed by atoms with Gasteiger partial charge in [0.05, 0.1) is 10.3 Å². The summed E-state index contributed by atoms with van der Waals surface area (Å²) in [6.07, 6.45) is 4.36. The third-order valence-corrected chi connectivity index (χ3v) is 6.82. The van der Waals surface area contributed by atoms with E-state index in [1.165, 1.54) is 12.4 Å². The van der Waals surface area contributed by atoms with E-state index in [9.17, 15) is 13.2 Å². The molecule has 1 aliphatic rings. The Morgan fingerprint density at radius 1 is 1.17 bits per heavy atom. The average molecular weight is 414 g/mol. The summed E-state index contributed by atoms with van der Waals surface area (Å²) < 4.78 is 38.2. The molecule has 0 unspecified atom stereocenters. The fraction of sp³-hybridized carbons (Fsp3) is 0.333. The molecule has 0 saturated carbocycles. The molecule has 0 amide bonds. The van der Waals surface area contributed by atoms with Gasteiger partial charge >= 0.3 is 0 Å². The van der Waals surface area contributed by atoms with Crippen LogP contribution in [0.4, 0.5) is 0 Å². The minimum atomic E-state index is -3.79. The Balaban J connectivity index is 1.59. The van der Waals surface area contributed by atoms with Gasteiger partial charge in [0.2, 0.25) is 0 Å².